The van der Waals surface area contributed by atoms with Crippen molar-refractivity contribution in [2.45, 2.75) is 6.61 Å². The van der Waals surface area contributed by atoms with Crippen molar-refractivity contribution < 1.29 is 18.3 Å². The predicted molar refractivity (Wildman–Crippen MR) is 57.3 cm³/mol. The van der Waals surface area contributed by atoms with Crippen molar-refractivity contribution in [3.8, 4) is 5.75 Å². The maximum absolute atomic E-state index is 12.0. The highest BCUT2D eigenvalue weighted by Crippen LogP contribution is 2.17. The fourth-order valence-electron chi connectivity index (χ4n) is 1.44. The Morgan fingerprint density at radius 1 is 1.24 bits per heavy atom. The molecule has 0 unspecified atom stereocenters. The van der Waals surface area contributed by atoms with Crippen LogP contribution in [0.3, 0.4) is 0 Å². The first-order chi connectivity index (χ1) is 8.16. The zero-order valence-corrected chi connectivity index (χ0v) is 8.69. The summed E-state index contributed by atoms with van der Waals surface area (Å²) in [5, 5.41) is 0. The second-order valence-corrected chi connectivity index (χ2v) is 3.32. The van der Waals surface area contributed by atoms with Crippen LogP contribution >= 0.6 is 0 Å². The Hall–Kier alpha value is -2.17. The van der Waals surface area contributed by atoms with Crippen LogP contribution in [0.5, 0.6) is 5.75 Å². The van der Waals surface area contributed by atoms with Gasteiger partial charge in [0.05, 0.1) is 5.69 Å². The van der Waals surface area contributed by atoms with Crippen molar-refractivity contribution in [1.82, 2.24) is 4.98 Å². The van der Waals surface area contributed by atoms with Crippen molar-refractivity contribution in [3.05, 3.63) is 53.9 Å². The zero-order valence-electron chi connectivity index (χ0n) is 8.69. The number of carbonyl (C=O) groups is 1. The van der Waals surface area contributed by atoms with Crippen LogP contribution in [0.2, 0.25) is 0 Å². The van der Waals surface area contributed by atoms with Gasteiger partial charge >= 0.3 is 6.61 Å². The lowest BCUT2D eigenvalue weighted by molar-refractivity contribution is -0.0498. The Balaban J connectivity index is 2.24. The number of benzene rings is 1. The molecule has 88 valence electrons. The number of H-pyrrole nitrogens is 1. The van der Waals surface area contributed by atoms with Gasteiger partial charge in [0.1, 0.15) is 5.75 Å². The van der Waals surface area contributed by atoms with Crippen molar-refractivity contribution >= 4 is 5.78 Å². The van der Waals surface area contributed by atoms with Crippen molar-refractivity contribution in [2.75, 3.05) is 0 Å². The maximum Gasteiger partial charge on any atom is 0.387 e. The van der Waals surface area contributed by atoms with Crippen LogP contribution in [-0.2, 0) is 0 Å². The molecule has 0 spiro atoms. The summed E-state index contributed by atoms with van der Waals surface area (Å²) in [5.74, 6) is -0.299. The smallest absolute Gasteiger partial charge is 0.387 e. The van der Waals surface area contributed by atoms with Gasteiger partial charge in [0.2, 0.25) is 5.78 Å². The standard InChI is InChI=1S/C12H9F2NO2/c13-12(14)17-9-4-1-3-8(7-9)11(16)10-5-2-6-15-10/h1-7,12,15H. The molecule has 0 aliphatic rings. The number of aromatic amines is 1. The normalized spacial score (nSPS) is 10.5. The fraction of sp³-hybridized carbons (Fsp3) is 0.0833. The van der Waals surface area contributed by atoms with Gasteiger partial charge in [-0.1, -0.05) is 12.1 Å². The molecular weight excluding hydrogens is 228 g/mol. The molecule has 0 atom stereocenters. The number of alkyl halides is 2. The second kappa shape index (κ2) is 4.78. The first-order valence-corrected chi connectivity index (χ1v) is 4.90. The summed E-state index contributed by atoms with van der Waals surface area (Å²) in [6.45, 7) is -2.90. The van der Waals surface area contributed by atoms with E-state index < -0.39 is 6.61 Å². The van der Waals surface area contributed by atoms with E-state index in [9.17, 15) is 13.6 Å². The van der Waals surface area contributed by atoms with Gasteiger partial charge in [-0.25, -0.2) is 0 Å². The van der Waals surface area contributed by atoms with Crippen LogP contribution in [0.4, 0.5) is 8.78 Å². The van der Waals surface area contributed by atoms with E-state index in [0.29, 0.717) is 11.3 Å². The molecule has 0 aliphatic carbocycles. The lowest BCUT2D eigenvalue weighted by Crippen LogP contribution is -2.05. The quantitative estimate of drug-likeness (QED) is 0.831. The van der Waals surface area contributed by atoms with E-state index in [-0.39, 0.29) is 11.5 Å². The molecular formula is C12H9F2NO2. The van der Waals surface area contributed by atoms with E-state index in [1.807, 2.05) is 0 Å². The number of aromatic nitrogens is 1. The van der Waals surface area contributed by atoms with Gasteiger partial charge < -0.3 is 9.72 Å². The molecule has 0 bridgehead atoms. The van der Waals surface area contributed by atoms with Crippen molar-refractivity contribution in [2.24, 2.45) is 0 Å². The topological polar surface area (TPSA) is 42.1 Å². The van der Waals surface area contributed by atoms with Gasteiger partial charge in [-0.15, -0.1) is 0 Å². The average Bonchev–Trinajstić information content (AvgIpc) is 2.81. The Bertz CT molecular complexity index is 509. The van der Waals surface area contributed by atoms with Crippen LogP contribution in [-0.4, -0.2) is 17.4 Å². The summed E-state index contributed by atoms with van der Waals surface area (Å²) in [5.41, 5.74) is 0.699. The number of halogens is 2. The zero-order chi connectivity index (χ0) is 12.3. The molecule has 5 heteroatoms. The van der Waals surface area contributed by atoms with E-state index in [1.165, 1.54) is 18.2 Å². The third-order valence-electron chi connectivity index (χ3n) is 2.16. The number of hydrogen-bond acceptors (Lipinski definition) is 2. The largest absolute Gasteiger partial charge is 0.435 e. The first-order valence-electron chi connectivity index (χ1n) is 4.90. The van der Waals surface area contributed by atoms with Gasteiger partial charge in [-0.05, 0) is 24.3 Å². The van der Waals surface area contributed by atoms with Crippen LogP contribution in [0, 0.1) is 0 Å². The highest BCUT2D eigenvalue weighted by atomic mass is 19.3. The van der Waals surface area contributed by atoms with Gasteiger partial charge in [-0.2, -0.15) is 8.78 Å². The molecule has 1 aromatic heterocycles. The molecule has 1 heterocycles. The van der Waals surface area contributed by atoms with Gasteiger partial charge in [0, 0.05) is 11.8 Å². The third kappa shape index (κ3) is 2.69. The number of carbonyl (C=O) groups excluding carboxylic acids is 1. The molecule has 1 aromatic carbocycles. The average molecular weight is 237 g/mol. The molecule has 2 rings (SSSR count). The van der Waals surface area contributed by atoms with Gasteiger partial charge in [0.25, 0.3) is 0 Å². The fourth-order valence-corrected chi connectivity index (χ4v) is 1.44. The van der Waals surface area contributed by atoms with Crippen LogP contribution < -0.4 is 4.74 Å². The number of ketones is 1. The van der Waals surface area contributed by atoms with Crippen LogP contribution in [0.15, 0.2) is 42.6 Å². The Morgan fingerprint density at radius 3 is 2.71 bits per heavy atom. The highest BCUT2D eigenvalue weighted by molar-refractivity contribution is 6.07. The first kappa shape index (κ1) is 11.3. The molecule has 0 aliphatic heterocycles. The summed E-state index contributed by atoms with van der Waals surface area (Å²) < 4.78 is 28.3. The van der Waals surface area contributed by atoms with E-state index in [0.717, 1.165) is 0 Å². The third-order valence-corrected chi connectivity index (χ3v) is 2.16. The number of nitrogens with one attached hydrogen (secondary N) is 1. The minimum absolute atomic E-state index is 0.0302. The second-order valence-electron chi connectivity index (χ2n) is 3.32. The molecule has 17 heavy (non-hydrogen) atoms. The van der Waals surface area contributed by atoms with E-state index in [2.05, 4.69) is 9.72 Å². The predicted octanol–water partition coefficient (Wildman–Crippen LogP) is 2.85. The molecule has 2 aromatic rings. The SMILES string of the molecule is O=C(c1cccc(OC(F)F)c1)c1ccc[nH]1. The lowest BCUT2D eigenvalue weighted by atomic mass is 10.1. The minimum atomic E-state index is -2.90. The van der Waals surface area contributed by atoms with E-state index in [1.54, 1.807) is 24.4 Å². The monoisotopic (exact) mass is 237 g/mol. The lowest BCUT2D eigenvalue weighted by Gasteiger charge is -2.05. The molecule has 0 saturated carbocycles. The molecule has 0 saturated heterocycles. The highest BCUT2D eigenvalue weighted by Gasteiger charge is 2.11. The summed E-state index contributed by atoms with van der Waals surface area (Å²) in [4.78, 5) is 14.6. The Labute approximate surface area is 96.0 Å². The Morgan fingerprint density at radius 2 is 2.06 bits per heavy atom. The molecule has 0 radical (unpaired) electrons. The van der Waals surface area contributed by atoms with E-state index >= 15 is 0 Å². The van der Waals surface area contributed by atoms with Crippen LogP contribution in [0.25, 0.3) is 0 Å². The van der Waals surface area contributed by atoms with Crippen molar-refractivity contribution in [1.29, 1.82) is 0 Å². The van der Waals surface area contributed by atoms with Crippen molar-refractivity contribution in [3.63, 3.8) is 0 Å². The molecule has 1 N–H and O–H groups in total. The number of ether oxygens (including phenoxy) is 1. The summed E-state index contributed by atoms with van der Waals surface area (Å²) in [7, 11) is 0. The summed E-state index contributed by atoms with van der Waals surface area (Å²) >= 11 is 0. The molecule has 3 nitrogen and oxygen atoms in total. The number of rotatable bonds is 4. The maximum atomic E-state index is 12.0. The number of hydrogen-bond donors (Lipinski definition) is 1. The van der Waals surface area contributed by atoms with Gasteiger partial charge in [-0.3, -0.25) is 4.79 Å². The minimum Gasteiger partial charge on any atom is -0.435 e. The van der Waals surface area contributed by atoms with E-state index in [4.69, 9.17) is 0 Å². The molecule has 0 amide bonds. The van der Waals surface area contributed by atoms with Crippen LogP contribution in [0.1, 0.15) is 16.1 Å². The molecule has 0 fully saturated rings. The summed E-state index contributed by atoms with van der Waals surface area (Å²) in [6.07, 6.45) is 1.62. The van der Waals surface area contributed by atoms with Gasteiger partial charge in [0.15, 0.2) is 0 Å². The summed E-state index contributed by atoms with van der Waals surface area (Å²) in [6, 6.07) is 9.00. The Kier molecular flexibility index (Phi) is 3.18.